The van der Waals surface area contributed by atoms with Crippen LogP contribution in [0, 0.1) is 5.92 Å². The highest BCUT2D eigenvalue weighted by atomic mass is 16.6. The minimum Gasteiger partial charge on any atom is -0.506 e. The van der Waals surface area contributed by atoms with Gasteiger partial charge in [-0.2, -0.15) is 0 Å². The van der Waals surface area contributed by atoms with Crippen molar-refractivity contribution in [3.05, 3.63) is 130 Å². The van der Waals surface area contributed by atoms with E-state index >= 15 is 0 Å². The van der Waals surface area contributed by atoms with Crippen LogP contribution in [0.4, 0.5) is 16.2 Å². The number of hydrogen-bond acceptors (Lipinski definition) is 8. The summed E-state index contributed by atoms with van der Waals surface area (Å²) in [5.74, 6) is -3.53. The van der Waals surface area contributed by atoms with Crippen molar-refractivity contribution in [2.24, 2.45) is 5.92 Å². The molecule has 0 radical (unpaired) electrons. The molecule has 1 saturated heterocycles. The van der Waals surface area contributed by atoms with Gasteiger partial charge in [0, 0.05) is 40.4 Å². The number of aliphatic carboxylic acids is 2. The standard InChI is InChI=1S/C38H46O9.C13H12N2O/c1-21(2)11-10-18-36(8)19-17-24-29(39)28-30(40)26-12-9-13-27-35(6,7)47-37(34(43)44,20-16-23(5)33(41)42)38(26,27)46-32(28)25(31(24)45-36)15-14-22(3)4;16-13(14-11-7-3-1-4-8-11)15-12-9-5-2-6-10-12/h11-12,14,16-17,19,27,39H,9-10,13,15,18,20H2,1-8H3,(H,41,42)(H,43,44);1-10H,(H2,14,15,16). The van der Waals surface area contributed by atoms with E-state index in [1.807, 2.05) is 107 Å². The number of carboxylic acid groups (broad SMARTS) is 2. The molecule has 0 bridgehead atoms. The van der Waals surface area contributed by atoms with Gasteiger partial charge in [-0.15, -0.1) is 0 Å². The third-order valence-electron chi connectivity index (χ3n) is 12.1. The average molecular weight is 859 g/mol. The van der Waals surface area contributed by atoms with Gasteiger partial charge in [0.2, 0.25) is 5.60 Å². The van der Waals surface area contributed by atoms with Crippen LogP contribution < -0.4 is 20.1 Å². The Labute approximate surface area is 369 Å². The van der Waals surface area contributed by atoms with E-state index in [1.165, 1.54) is 18.6 Å². The van der Waals surface area contributed by atoms with E-state index in [-0.39, 0.29) is 40.7 Å². The molecule has 12 nitrogen and oxygen atoms in total. The Bertz CT molecular complexity index is 2400. The highest BCUT2D eigenvalue weighted by molar-refractivity contribution is 6.17. The number of amides is 2. The van der Waals surface area contributed by atoms with Crippen LogP contribution in [-0.2, 0) is 20.7 Å². The third-order valence-corrected chi connectivity index (χ3v) is 12.1. The number of phenols is 1. The van der Waals surface area contributed by atoms with Crippen molar-refractivity contribution in [2.75, 3.05) is 10.6 Å². The number of Topliss-reactive ketones (excluding diaryl/α,β-unsaturated/α-hetero) is 1. The number of para-hydroxylation sites is 2. The highest BCUT2D eigenvalue weighted by Crippen LogP contribution is 2.64. The van der Waals surface area contributed by atoms with Gasteiger partial charge in [0.15, 0.2) is 11.4 Å². The molecule has 5 N–H and O–H groups in total. The summed E-state index contributed by atoms with van der Waals surface area (Å²) in [6.07, 6.45) is 13.1. The fraction of sp³-hybridized carbons (Fsp3) is 0.373. The number of ketones is 1. The number of hydrogen-bond donors (Lipinski definition) is 5. The largest absolute Gasteiger partial charge is 0.506 e. The van der Waals surface area contributed by atoms with Crippen LogP contribution >= 0.6 is 0 Å². The molecular weight excluding hydrogens is 801 g/mol. The van der Waals surface area contributed by atoms with Gasteiger partial charge in [0.05, 0.1) is 11.2 Å². The lowest BCUT2D eigenvalue weighted by Gasteiger charge is -2.50. The van der Waals surface area contributed by atoms with Crippen molar-refractivity contribution in [2.45, 2.75) is 116 Å². The number of benzene rings is 3. The fourth-order valence-electron chi connectivity index (χ4n) is 9.00. The highest BCUT2D eigenvalue weighted by Gasteiger charge is 2.77. The van der Waals surface area contributed by atoms with Gasteiger partial charge >= 0.3 is 18.0 Å². The lowest BCUT2D eigenvalue weighted by atomic mass is 9.60. The number of ether oxygens (including phenoxy) is 3. The summed E-state index contributed by atoms with van der Waals surface area (Å²) in [5, 5.41) is 37.9. The van der Waals surface area contributed by atoms with Crippen molar-refractivity contribution in [1.82, 2.24) is 0 Å². The lowest BCUT2D eigenvalue weighted by molar-refractivity contribution is -0.184. The predicted octanol–water partition coefficient (Wildman–Crippen LogP) is 10.8. The van der Waals surface area contributed by atoms with E-state index in [4.69, 9.17) is 14.2 Å². The van der Waals surface area contributed by atoms with Crippen LogP contribution in [0.25, 0.3) is 6.08 Å². The number of fused-ring (bicyclic) bond motifs is 2. The predicted molar refractivity (Wildman–Crippen MR) is 244 cm³/mol. The van der Waals surface area contributed by atoms with E-state index in [9.17, 15) is 34.5 Å². The second kappa shape index (κ2) is 18.1. The summed E-state index contributed by atoms with van der Waals surface area (Å²) >= 11 is 0. The molecule has 1 spiro atoms. The molecule has 1 aliphatic carbocycles. The molecule has 2 amide bonds. The minimum absolute atomic E-state index is 0.0407. The number of urea groups is 1. The molecule has 332 valence electrons. The van der Waals surface area contributed by atoms with Crippen LogP contribution in [0.3, 0.4) is 0 Å². The first-order chi connectivity index (χ1) is 29.7. The summed E-state index contributed by atoms with van der Waals surface area (Å²) in [4.78, 5) is 51.6. The van der Waals surface area contributed by atoms with E-state index < -0.39 is 46.0 Å². The minimum atomic E-state index is -2.16. The maximum Gasteiger partial charge on any atom is 0.340 e. The Morgan fingerprint density at radius 2 is 1.43 bits per heavy atom. The summed E-state index contributed by atoms with van der Waals surface area (Å²) in [7, 11) is 0. The van der Waals surface area contributed by atoms with Gasteiger partial charge in [-0.1, -0.05) is 71.8 Å². The van der Waals surface area contributed by atoms with Crippen molar-refractivity contribution in [3.63, 3.8) is 0 Å². The van der Waals surface area contributed by atoms with Gasteiger partial charge in [-0.3, -0.25) is 4.79 Å². The molecule has 3 aliphatic heterocycles. The van der Waals surface area contributed by atoms with Crippen molar-refractivity contribution >= 4 is 41.2 Å². The zero-order valence-corrected chi connectivity index (χ0v) is 37.3. The molecule has 12 heteroatoms. The molecular formula is C51H58N2O10. The van der Waals surface area contributed by atoms with E-state index in [2.05, 4.69) is 16.7 Å². The zero-order valence-electron chi connectivity index (χ0n) is 37.3. The first-order valence-corrected chi connectivity index (χ1v) is 21.3. The molecule has 0 saturated carbocycles. The number of carboxylic acids is 2. The zero-order chi connectivity index (χ0) is 45.9. The quantitative estimate of drug-likeness (QED) is 0.0919. The summed E-state index contributed by atoms with van der Waals surface area (Å²) in [5.41, 5.74) is -1.12. The number of phenolic OH excluding ortho intramolecular Hbond substituents is 1. The number of carbonyl (C=O) groups is 4. The normalized spacial score (nSPS) is 23.6. The Balaban J connectivity index is 0.000000345. The van der Waals surface area contributed by atoms with E-state index in [0.717, 1.165) is 23.4 Å². The first-order valence-electron chi connectivity index (χ1n) is 21.3. The molecule has 4 aliphatic rings. The Morgan fingerprint density at radius 1 is 0.825 bits per heavy atom. The summed E-state index contributed by atoms with van der Waals surface area (Å²) in [6, 6.07) is 18.4. The van der Waals surface area contributed by atoms with Crippen LogP contribution in [0.5, 0.6) is 17.2 Å². The van der Waals surface area contributed by atoms with E-state index in [1.54, 1.807) is 26.0 Å². The van der Waals surface area contributed by atoms with Gasteiger partial charge < -0.3 is 40.2 Å². The second-order valence-electron chi connectivity index (χ2n) is 17.8. The van der Waals surface area contributed by atoms with Gasteiger partial charge in [-0.25, -0.2) is 14.4 Å². The van der Waals surface area contributed by atoms with Crippen LogP contribution in [0.1, 0.15) is 109 Å². The molecule has 3 aromatic carbocycles. The molecule has 3 aromatic rings. The molecule has 3 heterocycles. The van der Waals surface area contributed by atoms with Gasteiger partial charge in [-0.05, 0) is 124 Å². The van der Waals surface area contributed by atoms with Crippen LogP contribution in [-0.4, -0.2) is 61.5 Å². The van der Waals surface area contributed by atoms with Crippen molar-refractivity contribution in [1.29, 1.82) is 0 Å². The summed E-state index contributed by atoms with van der Waals surface area (Å²) in [6.45, 7) is 14.9. The monoisotopic (exact) mass is 858 g/mol. The average Bonchev–Trinajstić information content (AvgIpc) is 3.43. The summed E-state index contributed by atoms with van der Waals surface area (Å²) < 4.78 is 20.2. The maximum absolute atomic E-state index is 14.7. The smallest absolute Gasteiger partial charge is 0.340 e. The number of rotatable bonds is 11. The molecule has 4 atom stereocenters. The van der Waals surface area contributed by atoms with Crippen molar-refractivity contribution in [3.8, 4) is 17.2 Å². The molecule has 63 heavy (non-hydrogen) atoms. The Kier molecular flexibility index (Phi) is 13.3. The number of aromatic hydroxyl groups is 1. The Morgan fingerprint density at radius 3 is 1.98 bits per heavy atom. The second-order valence-corrected chi connectivity index (χ2v) is 17.8. The lowest BCUT2D eigenvalue weighted by Crippen LogP contribution is -2.66. The van der Waals surface area contributed by atoms with Crippen molar-refractivity contribution < 1.29 is 48.7 Å². The van der Waals surface area contributed by atoms with E-state index in [0.29, 0.717) is 42.6 Å². The topological polar surface area (TPSA) is 181 Å². The first kappa shape index (κ1) is 46.1. The third kappa shape index (κ3) is 9.08. The molecule has 1 fully saturated rings. The molecule has 0 aromatic heterocycles. The van der Waals surface area contributed by atoms with Crippen LogP contribution in [0.15, 0.2) is 113 Å². The maximum atomic E-state index is 14.7. The Hall–Kier alpha value is -6.40. The SMILES string of the molecule is CC(C)=CCCC1(C)C=Cc2c(O)c3c(c(CC=C(C)C)c2O1)OC12C(=CCCC1C(C)(C)OC2(CC=C(C)C(=O)O)C(=O)O)C3=O.O=C(Nc1ccccc1)Nc1ccccc1. The van der Waals surface area contributed by atoms with Gasteiger partial charge in [0.1, 0.15) is 28.4 Å². The van der Waals surface area contributed by atoms with Crippen LogP contribution in [0.2, 0.25) is 0 Å². The molecule has 4 unspecified atom stereocenters. The fourth-order valence-corrected chi connectivity index (χ4v) is 9.00. The molecule has 7 rings (SSSR count). The van der Waals surface area contributed by atoms with Gasteiger partial charge in [0.25, 0.3) is 0 Å². The number of anilines is 2. The number of allylic oxidation sites excluding steroid dienone is 5. The number of carbonyl (C=O) groups excluding carboxylic acids is 2. The number of nitrogens with one attached hydrogen (secondary N) is 2.